The molecule has 0 unspecified atom stereocenters. The molecule has 0 bridgehead atoms. The average Bonchev–Trinajstić information content (AvgIpc) is 1.94. The number of carboxylic acid groups (broad SMARTS) is 1. The van der Waals surface area contributed by atoms with Gasteiger partial charge in [-0.15, -0.1) is 0 Å². The number of hydrogen-bond donors (Lipinski definition) is 1. The third-order valence-electron chi connectivity index (χ3n) is 1.20. The maximum atomic E-state index is 10.3. The molecular weight excluding hydrogens is 292 g/mol. The number of pyridine rings is 1. The van der Waals surface area contributed by atoms with E-state index in [1.165, 1.54) is 6.20 Å². The third kappa shape index (κ3) is 2.60. The monoisotopic (exact) mass is 297 g/mol. The van der Waals surface area contributed by atoms with Gasteiger partial charge in [-0.25, -0.2) is 0 Å². The van der Waals surface area contributed by atoms with Crippen molar-refractivity contribution >= 4 is 40.2 Å². The van der Waals surface area contributed by atoms with Crippen molar-refractivity contribution in [2.24, 2.45) is 0 Å². The van der Waals surface area contributed by atoms with Crippen LogP contribution in [0.25, 0.3) is 0 Å². The number of rotatable bonds is 2. The summed E-state index contributed by atoms with van der Waals surface area (Å²) in [5.41, 5.74) is 0.549. The summed E-state index contributed by atoms with van der Waals surface area (Å²) in [5.74, 6) is -0.886. The molecule has 0 aliphatic carbocycles. The number of nitrogens with zero attached hydrogens (tertiary/aromatic N) is 1. The first-order valence-electron chi connectivity index (χ1n) is 3.11. The van der Waals surface area contributed by atoms with E-state index in [1.54, 1.807) is 6.07 Å². The predicted molar refractivity (Wildman–Crippen MR) is 53.3 cm³/mol. The predicted octanol–water partition coefficient (Wildman–Crippen LogP) is 1.97. The molecule has 0 radical (unpaired) electrons. The minimum absolute atomic E-state index is 0.0601. The van der Waals surface area contributed by atoms with E-state index in [0.29, 0.717) is 10.7 Å². The van der Waals surface area contributed by atoms with Gasteiger partial charge in [0.15, 0.2) is 0 Å². The summed E-state index contributed by atoms with van der Waals surface area (Å²) in [4.78, 5) is 14.2. The Morgan fingerprint density at radius 1 is 1.75 bits per heavy atom. The summed E-state index contributed by atoms with van der Waals surface area (Å²) in [5, 5.41) is 9.01. The number of aromatic nitrogens is 1. The molecule has 0 aliphatic heterocycles. The van der Waals surface area contributed by atoms with Crippen molar-refractivity contribution in [2.45, 2.75) is 6.42 Å². The first-order valence-corrected chi connectivity index (χ1v) is 4.57. The minimum Gasteiger partial charge on any atom is -0.481 e. The van der Waals surface area contributed by atoms with Crippen molar-refractivity contribution in [1.29, 1.82) is 0 Å². The Balaban J connectivity index is 2.93. The van der Waals surface area contributed by atoms with Crippen LogP contribution in [0.1, 0.15) is 5.69 Å². The lowest BCUT2D eigenvalue weighted by Gasteiger charge is -1.99. The van der Waals surface area contributed by atoms with Crippen molar-refractivity contribution < 1.29 is 9.90 Å². The SMILES string of the molecule is O=C(O)Cc1ncc(Cl)cc1I. The molecule has 0 amide bonds. The molecule has 0 aromatic carbocycles. The van der Waals surface area contributed by atoms with Crippen molar-refractivity contribution in [2.75, 3.05) is 0 Å². The zero-order chi connectivity index (χ0) is 9.14. The normalized spacial score (nSPS) is 9.83. The lowest BCUT2D eigenvalue weighted by molar-refractivity contribution is -0.136. The lowest BCUT2D eigenvalue weighted by Crippen LogP contribution is -2.04. The molecule has 64 valence electrons. The second-order valence-corrected chi connectivity index (χ2v) is 3.75. The molecule has 5 heteroatoms. The van der Waals surface area contributed by atoms with Crippen LogP contribution < -0.4 is 0 Å². The molecule has 1 heterocycles. The van der Waals surface area contributed by atoms with Crippen molar-refractivity contribution in [3.63, 3.8) is 0 Å². The van der Waals surface area contributed by atoms with Crippen LogP contribution in [0.5, 0.6) is 0 Å². The van der Waals surface area contributed by atoms with Gasteiger partial charge in [0.05, 0.1) is 17.1 Å². The van der Waals surface area contributed by atoms with Gasteiger partial charge in [0, 0.05) is 9.77 Å². The van der Waals surface area contributed by atoms with Crippen LogP contribution in [0.2, 0.25) is 5.02 Å². The van der Waals surface area contributed by atoms with E-state index in [0.717, 1.165) is 3.57 Å². The number of carboxylic acids is 1. The Hall–Kier alpha value is -0.360. The third-order valence-corrected chi connectivity index (χ3v) is 2.34. The fourth-order valence-electron chi connectivity index (χ4n) is 0.716. The van der Waals surface area contributed by atoms with Gasteiger partial charge in [-0.1, -0.05) is 11.6 Å². The van der Waals surface area contributed by atoms with Gasteiger partial charge in [-0.3, -0.25) is 9.78 Å². The van der Waals surface area contributed by atoms with Crippen molar-refractivity contribution in [1.82, 2.24) is 4.98 Å². The second kappa shape index (κ2) is 4.04. The quantitative estimate of drug-likeness (QED) is 0.849. The van der Waals surface area contributed by atoms with Crippen LogP contribution >= 0.6 is 34.2 Å². The minimum atomic E-state index is -0.886. The number of aliphatic carboxylic acids is 1. The van der Waals surface area contributed by atoms with Gasteiger partial charge in [-0.05, 0) is 28.7 Å². The highest BCUT2D eigenvalue weighted by Crippen LogP contribution is 2.15. The summed E-state index contributed by atoms with van der Waals surface area (Å²) >= 11 is 7.65. The van der Waals surface area contributed by atoms with Gasteiger partial charge in [0.2, 0.25) is 0 Å². The molecular formula is C7H5ClINO2. The average molecular weight is 297 g/mol. The molecule has 3 nitrogen and oxygen atoms in total. The van der Waals surface area contributed by atoms with Gasteiger partial charge in [0.1, 0.15) is 0 Å². The van der Waals surface area contributed by atoms with E-state index in [2.05, 4.69) is 4.98 Å². The molecule has 0 aliphatic rings. The molecule has 1 rings (SSSR count). The van der Waals surface area contributed by atoms with Crippen LogP contribution in [-0.4, -0.2) is 16.1 Å². The van der Waals surface area contributed by atoms with Gasteiger partial charge in [0.25, 0.3) is 0 Å². The van der Waals surface area contributed by atoms with Crippen LogP contribution in [0.3, 0.4) is 0 Å². The molecule has 0 saturated carbocycles. The van der Waals surface area contributed by atoms with E-state index in [4.69, 9.17) is 16.7 Å². The molecule has 1 aromatic heterocycles. The topological polar surface area (TPSA) is 50.2 Å². The number of hydrogen-bond acceptors (Lipinski definition) is 2. The summed E-state index contributed by atoms with van der Waals surface area (Å²) < 4.78 is 0.780. The van der Waals surface area contributed by atoms with E-state index in [1.807, 2.05) is 22.6 Å². The molecule has 12 heavy (non-hydrogen) atoms. The van der Waals surface area contributed by atoms with Crippen molar-refractivity contribution in [3.8, 4) is 0 Å². The summed E-state index contributed by atoms with van der Waals surface area (Å²) in [6.07, 6.45) is 1.39. The van der Waals surface area contributed by atoms with E-state index in [-0.39, 0.29) is 6.42 Å². The zero-order valence-corrected chi connectivity index (χ0v) is 8.83. The molecule has 0 saturated heterocycles. The molecule has 1 N–H and O–H groups in total. The second-order valence-electron chi connectivity index (χ2n) is 2.15. The number of halogens is 2. The highest BCUT2D eigenvalue weighted by atomic mass is 127. The van der Waals surface area contributed by atoms with Crippen LogP contribution in [0.15, 0.2) is 12.3 Å². The smallest absolute Gasteiger partial charge is 0.309 e. The molecule has 0 fully saturated rings. The highest BCUT2D eigenvalue weighted by Gasteiger charge is 2.06. The Bertz CT molecular complexity index is 316. The van der Waals surface area contributed by atoms with Crippen LogP contribution in [-0.2, 0) is 11.2 Å². The van der Waals surface area contributed by atoms with Crippen LogP contribution in [0.4, 0.5) is 0 Å². The summed E-state index contributed by atoms with van der Waals surface area (Å²) in [6, 6.07) is 1.69. The van der Waals surface area contributed by atoms with Gasteiger partial charge in [-0.2, -0.15) is 0 Å². The van der Waals surface area contributed by atoms with E-state index >= 15 is 0 Å². The standard InChI is InChI=1S/C7H5ClINO2/c8-4-1-5(9)6(10-3-4)2-7(11)12/h1,3H,2H2,(H,11,12). The first-order chi connectivity index (χ1) is 5.59. The highest BCUT2D eigenvalue weighted by molar-refractivity contribution is 14.1. The van der Waals surface area contributed by atoms with E-state index in [9.17, 15) is 4.79 Å². The first kappa shape index (κ1) is 9.73. The molecule has 1 aromatic rings. The van der Waals surface area contributed by atoms with E-state index < -0.39 is 5.97 Å². The fraction of sp³-hybridized carbons (Fsp3) is 0.143. The van der Waals surface area contributed by atoms with Gasteiger partial charge < -0.3 is 5.11 Å². The fourth-order valence-corrected chi connectivity index (χ4v) is 1.72. The van der Waals surface area contributed by atoms with Crippen molar-refractivity contribution in [3.05, 3.63) is 26.5 Å². The maximum Gasteiger partial charge on any atom is 0.309 e. The molecule has 0 spiro atoms. The Morgan fingerprint density at radius 3 is 2.92 bits per heavy atom. The Kier molecular flexibility index (Phi) is 3.28. The molecule has 0 atom stereocenters. The maximum absolute atomic E-state index is 10.3. The largest absolute Gasteiger partial charge is 0.481 e. The number of carbonyl (C=O) groups is 1. The summed E-state index contributed by atoms with van der Waals surface area (Å²) in [6.45, 7) is 0. The zero-order valence-electron chi connectivity index (χ0n) is 5.92. The Morgan fingerprint density at radius 2 is 2.42 bits per heavy atom. The van der Waals surface area contributed by atoms with Gasteiger partial charge >= 0.3 is 5.97 Å². The van der Waals surface area contributed by atoms with Crippen LogP contribution in [0, 0.1) is 3.57 Å². The Labute approximate surface area is 87.9 Å². The lowest BCUT2D eigenvalue weighted by atomic mass is 10.3. The summed E-state index contributed by atoms with van der Waals surface area (Å²) in [7, 11) is 0.